The van der Waals surface area contributed by atoms with Crippen LogP contribution in [0.2, 0.25) is 0 Å². The van der Waals surface area contributed by atoms with Crippen molar-refractivity contribution in [3.05, 3.63) is 88.9 Å². The van der Waals surface area contributed by atoms with Crippen LogP contribution in [0, 0.1) is 0 Å². The van der Waals surface area contributed by atoms with Crippen LogP contribution in [0.1, 0.15) is 52.0 Å². The molecule has 3 aliphatic rings. The van der Waals surface area contributed by atoms with Gasteiger partial charge in [-0.25, -0.2) is 4.98 Å². The van der Waals surface area contributed by atoms with Crippen molar-refractivity contribution in [2.75, 3.05) is 11.9 Å². The van der Waals surface area contributed by atoms with Gasteiger partial charge in [0.1, 0.15) is 18.4 Å². The Morgan fingerprint density at radius 1 is 1.12 bits per heavy atom. The number of rotatable bonds is 4. The number of amides is 3. The summed E-state index contributed by atoms with van der Waals surface area (Å²) < 4.78 is 40.3. The fourth-order valence-electron chi connectivity index (χ4n) is 6.30. The summed E-state index contributed by atoms with van der Waals surface area (Å²) in [5.74, 6) is -1.45. The SMILES string of the molecule is C[C@@H]1[C@H](c2ccccc2)C[C@H](NC(=O)c2cnc3c(c2)CC2(C3)C(=O)Nc3ncccc32)C(=O)N1CC(F)(F)F.O. The summed E-state index contributed by atoms with van der Waals surface area (Å²) in [6.45, 7) is 0.204. The van der Waals surface area contributed by atoms with Crippen molar-refractivity contribution in [3.63, 3.8) is 0 Å². The van der Waals surface area contributed by atoms with Crippen molar-refractivity contribution in [1.82, 2.24) is 20.2 Å². The minimum atomic E-state index is -4.59. The number of pyridine rings is 2. The summed E-state index contributed by atoms with van der Waals surface area (Å²) in [5.41, 5.74) is 2.30. The molecular weight excluding hydrogens is 539 g/mol. The van der Waals surface area contributed by atoms with Gasteiger partial charge >= 0.3 is 6.18 Å². The molecule has 0 radical (unpaired) electrons. The van der Waals surface area contributed by atoms with E-state index in [1.165, 1.54) is 6.20 Å². The van der Waals surface area contributed by atoms with Gasteiger partial charge in [0, 0.05) is 42.0 Å². The summed E-state index contributed by atoms with van der Waals surface area (Å²) in [7, 11) is 0. The Morgan fingerprint density at radius 2 is 1.88 bits per heavy atom. The van der Waals surface area contributed by atoms with E-state index in [0.29, 0.717) is 24.4 Å². The number of anilines is 1. The molecule has 3 amide bonds. The molecule has 1 fully saturated rings. The van der Waals surface area contributed by atoms with Crippen molar-refractivity contribution in [3.8, 4) is 0 Å². The highest BCUT2D eigenvalue weighted by Crippen LogP contribution is 2.46. The maximum absolute atomic E-state index is 13.4. The molecule has 0 bridgehead atoms. The number of halogens is 3. The van der Waals surface area contributed by atoms with Crippen LogP contribution in [-0.4, -0.2) is 62.9 Å². The van der Waals surface area contributed by atoms with Crippen LogP contribution in [0.15, 0.2) is 60.9 Å². The van der Waals surface area contributed by atoms with Crippen LogP contribution in [0.25, 0.3) is 0 Å². The van der Waals surface area contributed by atoms with Gasteiger partial charge < -0.3 is 21.0 Å². The predicted octanol–water partition coefficient (Wildman–Crippen LogP) is 2.71. The third-order valence-electron chi connectivity index (χ3n) is 8.30. The average molecular weight is 568 g/mol. The Labute approximate surface area is 233 Å². The van der Waals surface area contributed by atoms with E-state index in [-0.39, 0.29) is 23.4 Å². The van der Waals surface area contributed by atoms with Gasteiger partial charge in [-0.05, 0) is 43.0 Å². The molecule has 1 aliphatic carbocycles. The molecule has 4 N–H and O–H groups in total. The summed E-state index contributed by atoms with van der Waals surface area (Å²) in [6.07, 6.45) is -0.753. The van der Waals surface area contributed by atoms with Gasteiger partial charge in [0.05, 0.1) is 11.0 Å². The van der Waals surface area contributed by atoms with Crippen LogP contribution in [0.4, 0.5) is 19.0 Å². The first-order chi connectivity index (χ1) is 19.1. The zero-order chi connectivity index (χ0) is 28.2. The van der Waals surface area contributed by atoms with Gasteiger partial charge in [0.25, 0.3) is 5.91 Å². The van der Waals surface area contributed by atoms with Crippen LogP contribution in [-0.2, 0) is 27.8 Å². The Balaban J connectivity index is 0.00000337. The topological polar surface area (TPSA) is 136 Å². The first-order valence-electron chi connectivity index (χ1n) is 13.0. The van der Waals surface area contributed by atoms with E-state index in [2.05, 4.69) is 20.6 Å². The molecule has 9 nitrogen and oxygen atoms in total. The summed E-state index contributed by atoms with van der Waals surface area (Å²) in [5, 5.41) is 5.49. The Bertz CT molecular complexity index is 1520. The largest absolute Gasteiger partial charge is 0.412 e. The van der Waals surface area contributed by atoms with E-state index in [4.69, 9.17) is 0 Å². The van der Waals surface area contributed by atoms with Crippen molar-refractivity contribution >= 4 is 23.5 Å². The minimum Gasteiger partial charge on any atom is -0.412 e. The Hall–Kier alpha value is -4.32. The molecule has 0 saturated carbocycles. The monoisotopic (exact) mass is 567 g/mol. The average Bonchev–Trinajstić information content (AvgIpc) is 3.44. The Kier molecular flexibility index (Phi) is 7.06. The number of carbonyl (C=O) groups excluding carboxylic acids is 3. The number of benzene rings is 1. The molecular formula is C29H28F3N5O4. The van der Waals surface area contributed by atoms with Crippen LogP contribution < -0.4 is 10.6 Å². The number of carbonyl (C=O) groups is 3. The number of nitrogens with one attached hydrogen (secondary N) is 2. The van der Waals surface area contributed by atoms with E-state index < -0.39 is 48.0 Å². The van der Waals surface area contributed by atoms with Crippen molar-refractivity contribution < 1.29 is 33.0 Å². The fourth-order valence-corrected chi connectivity index (χ4v) is 6.30. The quantitative estimate of drug-likeness (QED) is 0.500. The molecule has 2 aliphatic heterocycles. The highest BCUT2D eigenvalue weighted by atomic mass is 19.4. The molecule has 1 saturated heterocycles. The van der Waals surface area contributed by atoms with Crippen LogP contribution in [0.5, 0.6) is 0 Å². The molecule has 214 valence electrons. The Morgan fingerprint density at radius 3 is 2.61 bits per heavy atom. The van der Waals surface area contributed by atoms with Crippen molar-refractivity contribution in [2.24, 2.45) is 0 Å². The highest BCUT2D eigenvalue weighted by Gasteiger charge is 2.52. The fraction of sp³-hybridized carbons (Fsp3) is 0.345. The molecule has 3 aromatic rings. The van der Waals surface area contributed by atoms with Gasteiger partial charge in [-0.2, -0.15) is 13.2 Å². The normalized spacial score (nSPS) is 24.9. The second-order valence-electron chi connectivity index (χ2n) is 10.7. The summed E-state index contributed by atoms with van der Waals surface area (Å²) in [6, 6.07) is 12.4. The number of aromatic nitrogens is 2. The molecule has 41 heavy (non-hydrogen) atoms. The van der Waals surface area contributed by atoms with E-state index >= 15 is 0 Å². The molecule has 6 rings (SSSR count). The van der Waals surface area contributed by atoms with Crippen LogP contribution in [0.3, 0.4) is 0 Å². The number of fused-ring (bicyclic) bond motifs is 3. The standard InChI is InChI=1S/C29H26F3N5O3.H2O/c1-16-20(17-6-3-2-4-7-17)11-22(26(39)37(16)15-29(30,31)32)35-25(38)19-10-18-12-28(13-23(18)34-14-19)21-8-5-9-33-24(21)36-27(28)40;/h2-10,14,16,20,22H,11-13,15H2,1H3,(H,35,38)(H,33,36,40);1H2/t16-,20-,22+,28?;/m1./s1. The number of alkyl halides is 3. The lowest BCUT2D eigenvalue weighted by atomic mass is 9.80. The smallest absolute Gasteiger partial charge is 0.406 e. The minimum absolute atomic E-state index is 0. The maximum Gasteiger partial charge on any atom is 0.406 e. The number of nitrogens with zero attached hydrogens (tertiary/aromatic N) is 3. The summed E-state index contributed by atoms with van der Waals surface area (Å²) >= 11 is 0. The number of hydrogen-bond acceptors (Lipinski definition) is 5. The number of piperidine rings is 1. The van der Waals surface area contributed by atoms with E-state index in [1.807, 2.05) is 24.3 Å². The molecule has 1 spiro atoms. The first-order valence-corrected chi connectivity index (χ1v) is 13.0. The molecule has 4 atom stereocenters. The zero-order valence-corrected chi connectivity index (χ0v) is 22.0. The lowest BCUT2D eigenvalue weighted by molar-refractivity contribution is -0.170. The molecule has 1 aromatic carbocycles. The van der Waals surface area contributed by atoms with Gasteiger partial charge in [-0.15, -0.1) is 0 Å². The zero-order valence-electron chi connectivity index (χ0n) is 22.0. The molecule has 4 heterocycles. The van der Waals surface area contributed by atoms with Gasteiger partial charge in [-0.3, -0.25) is 19.4 Å². The molecule has 12 heteroatoms. The predicted molar refractivity (Wildman–Crippen MR) is 142 cm³/mol. The second kappa shape index (κ2) is 10.3. The lowest BCUT2D eigenvalue weighted by Gasteiger charge is -2.43. The van der Waals surface area contributed by atoms with E-state index in [9.17, 15) is 27.6 Å². The van der Waals surface area contributed by atoms with Gasteiger partial charge in [-0.1, -0.05) is 36.4 Å². The molecule has 2 aromatic heterocycles. The second-order valence-corrected chi connectivity index (χ2v) is 10.7. The van der Waals surface area contributed by atoms with Crippen LogP contribution >= 0.6 is 0 Å². The van der Waals surface area contributed by atoms with E-state index in [1.54, 1.807) is 37.4 Å². The van der Waals surface area contributed by atoms with Crippen molar-refractivity contribution in [2.45, 2.75) is 55.8 Å². The maximum atomic E-state index is 13.4. The van der Waals surface area contributed by atoms with E-state index in [0.717, 1.165) is 21.6 Å². The number of likely N-dealkylation sites (tertiary alicyclic amines) is 1. The number of hydrogen-bond donors (Lipinski definition) is 2. The molecule has 1 unspecified atom stereocenters. The lowest BCUT2D eigenvalue weighted by Crippen LogP contribution is -2.59. The third-order valence-corrected chi connectivity index (χ3v) is 8.30. The summed E-state index contributed by atoms with van der Waals surface area (Å²) in [4.78, 5) is 49.0. The van der Waals surface area contributed by atoms with Crippen molar-refractivity contribution in [1.29, 1.82) is 0 Å². The first kappa shape index (κ1) is 28.2. The third kappa shape index (κ3) is 4.92. The highest BCUT2D eigenvalue weighted by molar-refractivity contribution is 6.06. The van der Waals surface area contributed by atoms with Gasteiger partial charge in [0.15, 0.2) is 0 Å². The van der Waals surface area contributed by atoms with Gasteiger partial charge in [0.2, 0.25) is 11.8 Å².